The lowest BCUT2D eigenvalue weighted by Gasteiger charge is -2.05. The number of ether oxygens (including phenoxy) is 1. The molecule has 1 saturated carbocycles. The SMILES string of the molecule is CCn1cc(S(=O)(=O)NCCOCC2CC2)cc1C(=O)O. The molecule has 1 fully saturated rings. The first-order valence-corrected chi connectivity index (χ1v) is 8.43. The second kappa shape index (κ2) is 6.59. The molecule has 0 unspecified atom stereocenters. The number of hydrogen-bond donors (Lipinski definition) is 2. The van der Waals surface area contributed by atoms with E-state index in [9.17, 15) is 13.2 Å². The van der Waals surface area contributed by atoms with Gasteiger partial charge in [0.25, 0.3) is 0 Å². The lowest BCUT2D eigenvalue weighted by Crippen LogP contribution is -2.27. The van der Waals surface area contributed by atoms with Crippen molar-refractivity contribution in [2.75, 3.05) is 19.8 Å². The van der Waals surface area contributed by atoms with Crippen LogP contribution in [0.1, 0.15) is 30.3 Å². The van der Waals surface area contributed by atoms with Gasteiger partial charge in [0, 0.05) is 25.9 Å². The standard InChI is InChI=1S/C13H20N2O5S/c1-2-15-8-11(7-12(15)13(16)17)21(18,19)14-5-6-20-9-10-3-4-10/h7-8,10,14H,2-6,9H2,1H3,(H,16,17). The van der Waals surface area contributed by atoms with Crippen LogP contribution in [0.15, 0.2) is 17.2 Å². The predicted octanol–water partition coefficient (Wildman–Crippen LogP) is 0.911. The summed E-state index contributed by atoms with van der Waals surface area (Å²) in [6.07, 6.45) is 3.71. The van der Waals surface area contributed by atoms with Crippen LogP contribution >= 0.6 is 0 Å². The molecule has 0 aromatic carbocycles. The number of rotatable bonds is 9. The zero-order valence-corrected chi connectivity index (χ0v) is 12.7. The van der Waals surface area contributed by atoms with Crippen LogP contribution in [0, 0.1) is 5.92 Å². The quantitative estimate of drug-likeness (QED) is 0.660. The summed E-state index contributed by atoms with van der Waals surface area (Å²) in [5, 5.41) is 9.02. The molecule has 0 amide bonds. The molecule has 1 aromatic rings. The Morgan fingerprint density at radius 3 is 2.76 bits per heavy atom. The third kappa shape index (κ3) is 4.29. The molecule has 0 saturated heterocycles. The van der Waals surface area contributed by atoms with Crippen molar-refractivity contribution in [3.63, 3.8) is 0 Å². The van der Waals surface area contributed by atoms with E-state index in [0.717, 1.165) is 0 Å². The van der Waals surface area contributed by atoms with Gasteiger partial charge >= 0.3 is 5.97 Å². The number of aryl methyl sites for hydroxylation is 1. The van der Waals surface area contributed by atoms with Gasteiger partial charge in [-0.15, -0.1) is 0 Å². The second-order valence-electron chi connectivity index (χ2n) is 5.07. The number of aromatic nitrogens is 1. The minimum absolute atomic E-state index is 0.0380. The molecule has 0 bridgehead atoms. The monoisotopic (exact) mass is 316 g/mol. The number of carbonyl (C=O) groups is 1. The van der Waals surface area contributed by atoms with Crippen molar-refractivity contribution in [3.05, 3.63) is 18.0 Å². The topological polar surface area (TPSA) is 97.6 Å². The molecule has 1 aliphatic rings. The number of aromatic carboxylic acids is 1. The minimum atomic E-state index is -3.70. The van der Waals surface area contributed by atoms with Crippen molar-refractivity contribution in [1.29, 1.82) is 0 Å². The third-order valence-electron chi connectivity index (χ3n) is 3.33. The minimum Gasteiger partial charge on any atom is -0.477 e. The highest BCUT2D eigenvalue weighted by atomic mass is 32.2. The number of sulfonamides is 1. The van der Waals surface area contributed by atoms with Gasteiger partial charge < -0.3 is 14.4 Å². The average Bonchev–Trinajstić information content (AvgIpc) is 3.13. The van der Waals surface area contributed by atoms with E-state index in [2.05, 4.69) is 4.72 Å². The fourth-order valence-electron chi connectivity index (χ4n) is 1.94. The first kappa shape index (κ1) is 16.0. The molecule has 0 spiro atoms. The van der Waals surface area contributed by atoms with E-state index < -0.39 is 16.0 Å². The Balaban J connectivity index is 1.92. The third-order valence-corrected chi connectivity index (χ3v) is 4.76. The van der Waals surface area contributed by atoms with Crippen molar-refractivity contribution in [3.8, 4) is 0 Å². The summed E-state index contributed by atoms with van der Waals surface area (Å²) in [6.45, 7) is 3.31. The van der Waals surface area contributed by atoms with E-state index in [1.165, 1.54) is 29.7 Å². The van der Waals surface area contributed by atoms with Crippen molar-refractivity contribution < 1.29 is 23.1 Å². The van der Waals surface area contributed by atoms with Crippen molar-refractivity contribution >= 4 is 16.0 Å². The van der Waals surface area contributed by atoms with Gasteiger partial charge in [0.2, 0.25) is 10.0 Å². The predicted molar refractivity (Wildman–Crippen MR) is 75.8 cm³/mol. The van der Waals surface area contributed by atoms with Gasteiger partial charge in [-0.25, -0.2) is 17.9 Å². The molecule has 8 heteroatoms. The molecular formula is C13H20N2O5S. The van der Waals surface area contributed by atoms with Crippen molar-refractivity contribution in [1.82, 2.24) is 9.29 Å². The molecule has 7 nitrogen and oxygen atoms in total. The summed E-state index contributed by atoms with van der Waals surface area (Å²) in [5.41, 5.74) is -0.0390. The normalized spacial score (nSPS) is 15.3. The van der Waals surface area contributed by atoms with Crippen LogP contribution in [0.4, 0.5) is 0 Å². The van der Waals surface area contributed by atoms with Gasteiger partial charge in [-0.2, -0.15) is 0 Å². The Hall–Kier alpha value is -1.38. The van der Waals surface area contributed by atoms with Gasteiger partial charge in [0.15, 0.2) is 0 Å². The van der Waals surface area contributed by atoms with Gasteiger partial charge in [0.05, 0.1) is 6.61 Å². The van der Waals surface area contributed by atoms with E-state index in [-0.39, 0.29) is 17.1 Å². The Morgan fingerprint density at radius 2 is 2.24 bits per heavy atom. The first-order chi connectivity index (χ1) is 9.94. The lowest BCUT2D eigenvalue weighted by atomic mass is 10.4. The zero-order valence-electron chi connectivity index (χ0n) is 11.9. The molecule has 1 aromatic heterocycles. The summed E-state index contributed by atoms with van der Waals surface area (Å²) in [5.74, 6) is -0.510. The highest BCUT2D eigenvalue weighted by molar-refractivity contribution is 7.89. The smallest absolute Gasteiger partial charge is 0.352 e. The number of nitrogens with one attached hydrogen (secondary N) is 1. The van der Waals surface area contributed by atoms with Crippen LogP contribution in [0.25, 0.3) is 0 Å². The molecule has 2 rings (SSSR count). The van der Waals surface area contributed by atoms with Gasteiger partial charge in [0.1, 0.15) is 10.6 Å². The molecule has 0 radical (unpaired) electrons. The fourth-order valence-corrected chi connectivity index (χ4v) is 2.99. The molecule has 0 atom stereocenters. The first-order valence-electron chi connectivity index (χ1n) is 6.95. The largest absolute Gasteiger partial charge is 0.477 e. The summed E-state index contributed by atoms with van der Waals surface area (Å²) in [4.78, 5) is 11.0. The average molecular weight is 316 g/mol. The maximum Gasteiger partial charge on any atom is 0.352 e. The van der Waals surface area contributed by atoms with Crippen LogP contribution < -0.4 is 4.72 Å². The van der Waals surface area contributed by atoms with Gasteiger partial charge in [-0.1, -0.05) is 0 Å². The second-order valence-corrected chi connectivity index (χ2v) is 6.84. The van der Waals surface area contributed by atoms with Crippen LogP contribution in [-0.2, 0) is 21.3 Å². The Bertz CT molecular complexity index is 604. The summed E-state index contributed by atoms with van der Waals surface area (Å²) in [7, 11) is -3.70. The Kier molecular flexibility index (Phi) is 5.02. The zero-order chi connectivity index (χ0) is 15.5. The Morgan fingerprint density at radius 1 is 1.52 bits per heavy atom. The lowest BCUT2D eigenvalue weighted by molar-refractivity contribution is 0.0685. The number of hydrogen-bond acceptors (Lipinski definition) is 4. The molecule has 1 aliphatic carbocycles. The highest BCUT2D eigenvalue weighted by Crippen LogP contribution is 2.28. The van der Waals surface area contributed by atoms with Gasteiger partial charge in [-0.3, -0.25) is 0 Å². The Labute approximate surface area is 124 Å². The molecule has 118 valence electrons. The van der Waals surface area contributed by atoms with Gasteiger partial charge in [-0.05, 0) is 31.7 Å². The number of carboxylic acids is 1. The van der Waals surface area contributed by atoms with E-state index in [1.54, 1.807) is 6.92 Å². The van der Waals surface area contributed by atoms with Crippen LogP contribution in [-0.4, -0.2) is 43.8 Å². The van der Waals surface area contributed by atoms with E-state index >= 15 is 0 Å². The van der Waals surface area contributed by atoms with Crippen molar-refractivity contribution in [2.24, 2.45) is 5.92 Å². The van der Waals surface area contributed by atoms with Crippen molar-refractivity contribution in [2.45, 2.75) is 31.2 Å². The fraction of sp³-hybridized carbons (Fsp3) is 0.615. The summed E-state index contributed by atoms with van der Waals surface area (Å²) < 4.78 is 33.3. The van der Waals surface area contributed by atoms with E-state index in [1.807, 2.05) is 0 Å². The van der Waals surface area contributed by atoms with E-state index in [0.29, 0.717) is 25.7 Å². The maximum absolute atomic E-state index is 12.1. The molecule has 21 heavy (non-hydrogen) atoms. The van der Waals surface area contributed by atoms with E-state index in [4.69, 9.17) is 9.84 Å². The molecule has 1 heterocycles. The highest BCUT2D eigenvalue weighted by Gasteiger charge is 2.22. The maximum atomic E-state index is 12.1. The molecular weight excluding hydrogens is 296 g/mol. The van der Waals surface area contributed by atoms with Crippen LogP contribution in [0.5, 0.6) is 0 Å². The summed E-state index contributed by atoms with van der Waals surface area (Å²) >= 11 is 0. The summed E-state index contributed by atoms with van der Waals surface area (Å²) in [6, 6.07) is 1.17. The van der Waals surface area contributed by atoms with Crippen LogP contribution in [0.3, 0.4) is 0 Å². The number of nitrogens with zero attached hydrogens (tertiary/aromatic N) is 1. The molecule has 2 N–H and O–H groups in total. The number of carboxylic acid groups (broad SMARTS) is 1. The van der Waals surface area contributed by atoms with Crippen LogP contribution in [0.2, 0.25) is 0 Å². The molecule has 0 aliphatic heterocycles.